The van der Waals surface area contributed by atoms with E-state index in [1.807, 2.05) is 49.4 Å². The predicted molar refractivity (Wildman–Crippen MR) is 125 cm³/mol. The highest BCUT2D eigenvalue weighted by atomic mass is 16.1. The summed E-state index contributed by atoms with van der Waals surface area (Å²) in [5.41, 5.74) is 3.82. The van der Waals surface area contributed by atoms with Crippen LogP contribution in [0.25, 0.3) is 16.7 Å². The highest BCUT2D eigenvalue weighted by Crippen LogP contribution is 2.28. The Bertz CT molecular complexity index is 1050. The van der Waals surface area contributed by atoms with Crippen molar-refractivity contribution in [1.29, 1.82) is 0 Å². The fourth-order valence-corrected chi connectivity index (χ4v) is 5.44. The molecular formula is C26H32N4O. The number of likely N-dealkylation sites (tertiary alicyclic amines) is 1. The highest BCUT2D eigenvalue weighted by Gasteiger charge is 2.28. The molecule has 3 aromatic rings. The van der Waals surface area contributed by atoms with Gasteiger partial charge in [-0.2, -0.15) is 0 Å². The number of rotatable bonds is 5. The zero-order valence-corrected chi connectivity index (χ0v) is 18.4. The second kappa shape index (κ2) is 8.83. The molecule has 5 rings (SSSR count). The SMILES string of the molecule is Cc1nc2ccccc2n1-c1ccc(C(=O)NCC2CCCN(C3CCCC3)C2)cc1. The lowest BCUT2D eigenvalue weighted by molar-refractivity contribution is 0.0913. The molecule has 5 heteroatoms. The quantitative estimate of drug-likeness (QED) is 0.655. The zero-order chi connectivity index (χ0) is 21.2. The molecular weight excluding hydrogens is 384 g/mol. The van der Waals surface area contributed by atoms with Gasteiger partial charge < -0.3 is 10.2 Å². The van der Waals surface area contributed by atoms with Crippen LogP contribution in [0.2, 0.25) is 0 Å². The summed E-state index contributed by atoms with van der Waals surface area (Å²) >= 11 is 0. The highest BCUT2D eigenvalue weighted by molar-refractivity contribution is 5.94. The molecule has 1 unspecified atom stereocenters. The van der Waals surface area contributed by atoms with Gasteiger partial charge >= 0.3 is 0 Å². The largest absolute Gasteiger partial charge is 0.352 e. The third-order valence-electron chi connectivity index (χ3n) is 7.06. The monoisotopic (exact) mass is 416 g/mol. The van der Waals surface area contributed by atoms with Crippen LogP contribution in [0.1, 0.15) is 54.7 Å². The summed E-state index contributed by atoms with van der Waals surface area (Å²) in [6.45, 7) is 5.16. The van der Waals surface area contributed by atoms with E-state index in [0.29, 0.717) is 11.5 Å². The van der Waals surface area contributed by atoms with Crippen LogP contribution >= 0.6 is 0 Å². The minimum Gasteiger partial charge on any atom is -0.352 e. The van der Waals surface area contributed by atoms with Gasteiger partial charge in [0.2, 0.25) is 0 Å². The number of hydrogen-bond acceptors (Lipinski definition) is 3. The van der Waals surface area contributed by atoms with E-state index in [1.54, 1.807) is 0 Å². The molecule has 1 N–H and O–H groups in total. The van der Waals surface area contributed by atoms with Gasteiger partial charge in [-0.25, -0.2) is 4.98 Å². The van der Waals surface area contributed by atoms with Crippen LogP contribution in [-0.2, 0) is 0 Å². The molecule has 2 aromatic carbocycles. The predicted octanol–water partition coefficient (Wildman–Crippen LogP) is 4.72. The fourth-order valence-electron chi connectivity index (χ4n) is 5.44. The summed E-state index contributed by atoms with van der Waals surface area (Å²) in [5.74, 6) is 1.54. The number of nitrogens with one attached hydrogen (secondary N) is 1. The smallest absolute Gasteiger partial charge is 0.251 e. The number of carbonyl (C=O) groups excluding carboxylic acids is 1. The van der Waals surface area contributed by atoms with E-state index in [0.717, 1.165) is 41.7 Å². The van der Waals surface area contributed by atoms with Crippen LogP contribution in [0, 0.1) is 12.8 Å². The maximum absolute atomic E-state index is 12.8. The number of aryl methyl sites for hydroxylation is 1. The molecule has 1 aliphatic heterocycles. The Hall–Kier alpha value is -2.66. The van der Waals surface area contributed by atoms with Gasteiger partial charge in [0.05, 0.1) is 11.0 Å². The Morgan fingerprint density at radius 3 is 2.61 bits per heavy atom. The number of nitrogens with zero attached hydrogens (tertiary/aromatic N) is 3. The molecule has 2 fully saturated rings. The minimum atomic E-state index is 0.0248. The van der Waals surface area contributed by atoms with Crippen molar-refractivity contribution in [3.63, 3.8) is 0 Å². The van der Waals surface area contributed by atoms with Gasteiger partial charge in [0.1, 0.15) is 5.82 Å². The van der Waals surface area contributed by atoms with E-state index in [1.165, 1.54) is 45.1 Å². The summed E-state index contributed by atoms with van der Waals surface area (Å²) in [7, 11) is 0. The Morgan fingerprint density at radius 2 is 1.81 bits per heavy atom. The van der Waals surface area contributed by atoms with Crippen LogP contribution in [0.15, 0.2) is 48.5 Å². The lowest BCUT2D eigenvalue weighted by Crippen LogP contribution is -2.44. The van der Waals surface area contributed by atoms with Crippen LogP contribution in [0.4, 0.5) is 0 Å². The Kier molecular flexibility index (Phi) is 5.77. The molecule has 1 saturated carbocycles. The van der Waals surface area contributed by atoms with Gasteiger partial charge in [0.15, 0.2) is 0 Å². The Morgan fingerprint density at radius 1 is 1.03 bits per heavy atom. The first-order valence-electron chi connectivity index (χ1n) is 11.8. The van der Waals surface area contributed by atoms with Crippen LogP contribution < -0.4 is 5.32 Å². The molecule has 2 aliphatic rings. The minimum absolute atomic E-state index is 0.0248. The topological polar surface area (TPSA) is 50.2 Å². The lowest BCUT2D eigenvalue weighted by Gasteiger charge is -2.36. The summed E-state index contributed by atoms with van der Waals surface area (Å²) in [5, 5.41) is 3.19. The van der Waals surface area contributed by atoms with E-state index in [-0.39, 0.29) is 5.91 Å². The molecule has 1 aliphatic carbocycles. The first kappa shape index (κ1) is 20.3. The van der Waals surface area contributed by atoms with Crippen molar-refractivity contribution in [3.8, 4) is 5.69 Å². The first-order chi connectivity index (χ1) is 15.2. The maximum atomic E-state index is 12.8. The number of carbonyl (C=O) groups is 1. The van der Waals surface area contributed by atoms with Crippen molar-refractivity contribution < 1.29 is 4.79 Å². The van der Waals surface area contributed by atoms with E-state index in [4.69, 9.17) is 0 Å². The average Bonchev–Trinajstić information content (AvgIpc) is 3.45. The number of aromatic nitrogens is 2. The summed E-state index contributed by atoms with van der Waals surface area (Å²) in [6.07, 6.45) is 7.95. The fraction of sp³-hybridized carbons (Fsp3) is 0.462. The van der Waals surface area contributed by atoms with Crippen molar-refractivity contribution in [2.45, 2.75) is 51.5 Å². The van der Waals surface area contributed by atoms with Gasteiger partial charge in [-0.3, -0.25) is 9.36 Å². The van der Waals surface area contributed by atoms with Gasteiger partial charge in [-0.05, 0) is 81.5 Å². The number of benzene rings is 2. The number of amides is 1. The van der Waals surface area contributed by atoms with E-state index >= 15 is 0 Å². The van der Waals surface area contributed by atoms with Crippen molar-refractivity contribution in [1.82, 2.24) is 19.8 Å². The summed E-state index contributed by atoms with van der Waals surface area (Å²) in [4.78, 5) is 20.1. The molecule has 1 amide bonds. The molecule has 5 nitrogen and oxygen atoms in total. The number of hydrogen-bond donors (Lipinski definition) is 1. The van der Waals surface area contributed by atoms with Gasteiger partial charge in [0.25, 0.3) is 5.91 Å². The third kappa shape index (κ3) is 4.24. The summed E-state index contributed by atoms with van der Waals surface area (Å²) in [6, 6.07) is 16.8. The second-order valence-electron chi connectivity index (χ2n) is 9.18. The number of fused-ring (bicyclic) bond motifs is 1. The molecule has 2 heterocycles. The van der Waals surface area contributed by atoms with Crippen molar-refractivity contribution in [3.05, 3.63) is 59.9 Å². The van der Waals surface area contributed by atoms with Crippen molar-refractivity contribution in [2.24, 2.45) is 5.92 Å². The van der Waals surface area contributed by atoms with Crippen molar-refractivity contribution in [2.75, 3.05) is 19.6 Å². The van der Waals surface area contributed by atoms with Crippen LogP contribution in [0.3, 0.4) is 0 Å². The molecule has 1 aromatic heterocycles. The first-order valence-corrected chi connectivity index (χ1v) is 11.8. The van der Waals surface area contributed by atoms with Crippen molar-refractivity contribution >= 4 is 16.9 Å². The second-order valence-corrected chi connectivity index (χ2v) is 9.18. The number of para-hydroxylation sites is 2. The third-order valence-corrected chi connectivity index (χ3v) is 7.06. The van der Waals surface area contributed by atoms with Gasteiger partial charge in [0, 0.05) is 30.4 Å². The molecule has 162 valence electrons. The molecule has 0 spiro atoms. The standard InChI is InChI=1S/C26H32N4O/c1-19-28-24-10-4-5-11-25(24)30(19)23-14-12-21(13-15-23)26(31)27-17-20-7-6-16-29(18-20)22-8-2-3-9-22/h4-5,10-15,20,22H,2-3,6-9,16-18H2,1H3,(H,27,31). The van der Waals surface area contributed by atoms with Crippen LogP contribution in [0.5, 0.6) is 0 Å². The molecule has 1 saturated heterocycles. The van der Waals surface area contributed by atoms with E-state index in [9.17, 15) is 4.79 Å². The Labute approximate surface area is 184 Å². The van der Waals surface area contributed by atoms with Gasteiger partial charge in [-0.15, -0.1) is 0 Å². The molecule has 0 radical (unpaired) electrons. The Balaban J connectivity index is 1.22. The number of imidazole rings is 1. The normalized spacial score (nSPS) is 20.4. The van der Waals surface area contributed by atoms with E-state index < -0.39 is 0 Å². The van der Waals surface area contributed by atoms with E-state index in [2.05, 4.69) is 25.8 Å². The van der Waals surface area contributed by atoms with Gasteiger partial charge in [-0.1, -0.05) is 25.0 Å². The average molecular weight is 417 g/mol. The molecule has 1 atom stereocenters. The molecule has 0 bridgehead atoms. The zero-order valence-electron chi connectivity index (χ0n) is 18.4. The summed E-state index contributed by atoms with van der Waals surface area (Å²) < 4.78 is 2.14. The van der Waals surface area contributed by atoms with Crippen LogP contribution in [-0.4, -0.2) is 46.0 Å². The number of piperidine rings is 1. The molecule has 31 heavy (non-hydrogen) atoms. The lowest BCUT2D eigenvalue weighted by atomic mass is 9.96. The maximum Gasteiger partial charge on any atom is 0.251 e.